The van der Waals surface area contributed by atoms with Gasteiger partial charge in [-0.15, -0.1) is 0 Å². The van der Waals surface area contributed by atoms with E-state index in [0.29, 0.717) is 47.3 Å². The highest BCUT2D eigenvalue weighted by atomic mass is 16.7. The Morgan fingerprint density at radius 1 is 0.455 bits per heavy atom. The normalized spacial score (nSPS) is 16.6. The van der Waals surface area contributed by atoms with Crippen LogP contribution < -0.4 is 0 Å². The molecule has 10 nitrogen and oxygen atoms in total. The predicted molar refractivity (Wildman–Crippen MR) is 266 cm³/mol. The average Bonchev–Trinajstić information content (AvgIpc) is 4.08. The molecule has 8 aromatic rings. The standard InChI is InChI=1S/C56H40N8O2/c1-2-3-4-5-22-40(65)31-66-64-55-47-29-38-20-12-10-18-36(38)27-45(47)53(62-55)60-51-43-25-34-16-8-6-14-32(34)23-41(43)49(58-51)57-50-42-24-33-15-7-9-17-35(33)26-44(42)52(59-50)61-54-46-28-37-19-11-13-21-39(37)30-48(46)56(64)63-54/h6-21,23-30,49H,2-5,22,31H2,1H3. The Kier molecular flexibility index (Phi) is 8.89. The number of unbranched alkanes of at least 4 members (excludes halogenated alkanes) is 3. The monoisotopic (exact) mass is 856 g/mol. The van der Waals surface area contributed by atoms with Crippen molar-refractivity contribution < 1.29 is 9.63 Å². The maximum atomic E-state index is 13.7. The van der Waals surface area contributed by atoms with Crippen LogP contribution in [0, 0.1) is 0 Å². The second-order valence-corrected chi connectivity index (χ2v) is 17.4. The summed E-state index contributed by atoms with van der Waals surface area (Å²) in [5, 5.41) is 10.0. The molecule has 0 aliphatic carbocycles. The van der Waals surface area contributed by atoms with E-state index < -0.39 is 6.17 Å². The molecule has 0 radical (unpaired) electrons. The summed E-state index contributed by atoms with van der Waals surface area (Å²) in [6.45, 7) is 2.00. The van der Waals surface area contributed by atoms with Crippen LogP contribution in [0.3, 0.4) is 0 Å². The minimum atomic E-state index is -0.644. The molecule has 0 aromatic heterocycles. The first-order chi connectivity index (χ1) is 32.5. The number of Topliss-reactive ketones (excluding diaryl/α,β-unsaturated/α-hetero) is 1. The zero-order valence-corrected chi connectivity index (χ0v) is 36.1. The number of benzene rings is 8. The summed E-state index contributed by atoms with van der Waals surface area (Å²) in [6.07, 6.45) is 3.74. The number of carbonyl (C=O) groups excluding carboxylic acids is 1. The zero-order valence-electron chi connectivity index (χ0n) is 36.1. The van der Waals surface area contributed by atoms with Crippen LogP contribution in [0.1, 0.15) is 89.7 Å². The van der Waals surface area contributed by atoms with Gasteiger partial charge in [-0.05, 0) is 98.0 Å². The topological polar surface area (TPSA) is 116 Å². The number of fused-ring (bicyclic) bond motifs is 20. The fourth-order valence-corrected chi connectivity index (χ4v) is 9.76. The first-order valence-electron chi connectivity index (χ1n) is 22.7. The van der Waals surface area contributed by atoms with Crippen LogP contribution in [0.25, 0.3) is 43.1 Å². The fraction of sp³-hybridized carbons (Fsp3) is 0.143. The Labute approximate surface area is 379 Å². The Bertz CT molecular complexity index is 3690. The van der Waals surface area contributed by atoms with Crippen molar-refractivity contribution in [3.05, 3.63) is 190 Å². The Balaban J connectivity index is 1.09. The van der Waals surface area contributed by atoms with Gasteiger partial charge in [-0.1, -0.05) is 123 Å². The zero-order chi connectivity index (χ0) is 43.9. The molecule has 66 heavy (non-hydrogen) atoms. The number of ketones is 1. The van der Waals surface area contributed by atoms with Crippen molar-refractivity contribution >= 4 is 89.7 Å². The summed E-state index contributed by atoms with van der Waals surface area (Å²) in [6, 6.07) is 50.2. The smallest absolute Gasteiger partial charge is 0.170 e. The van der Waals surface area contributed by atoms with Gasteiger partial charge in [0.15, 0.2) is 52.8 Å². The predicted octanol–water partition coefficient (Wildman–Crippen LogP) is 11.5. The first-order valence-corrected chi connectivity index (χ1v) is 22.7. The number of nitrogens with zero attached hydrogens (tertiary/aromatic N) is 8. The second kappa shape index (κ2) is 15.3. The number of carbonyl (C=O) groups is 1. The van der Waals surface area contributed by atoms with E-state index in [4.69, 9.17) is 39.8 Å². The lowest BCUT2D eigenvalue weighted by molar-refractivity contribution is -0.132. The van der Waals surface area contributed by atoms with Crippen LogP contribution in [0.2, 0.25) is 0 Å². The van der Waals surface area contributed by atoms with Gasteiger partial charge in [0.1, 0.15) is 6.61 Å². The van der Waals surface area contributed by atoms with Gasteiger partial charge in [-0.2, -0.15) is 5.06 Å². The molecule has 0 fully saturated rings. The van der Waals surface area contributed by atoms with Gasteiger partial charge in [0, 0.05) is 50.9 Å². The fourth-order valence-electron chi connectivity index (χ4n) is 9.76. The third-order valence-electron chi connectivity index (χ3n) is 13.1. The molecule has 5 heterocycles. The number of aliphatic imine (C=N–C) groups is 7. The first kappa shape index (κ1) is 38.4. The molecule has 0 spiro atoms. The van der Waals surface area contributed by atoms with Crippen molar-refractivity contribution in [2.75, 3.05) is 6.61 Å². The lowest BCUT2D eigenvalue weighted by Gasteiger charge is -2.24. The summed E-state index contributed by atoms with van der Waals surface area (Å²) in [5.41, 5.74) is 6.71. The minimum Gasteiger partial charge on any atom is -0.297 e. The van der Waals surface area contributed by atoms with Crippen molar-refractivity contribution in [2.45, 2.75) is 45.2 Å². The van der Waals surface area contributed by atoms with Crippen LogP contribution in [0.15, 0.2) is 181 Å². The van der Waals surface area contributed by atoms with E-state index in [-0.39, 0.29) is 12.4 Å². The van der Waals surface area contributed by atoms with Gasteiger partial charge in [-0.3, -0.25) is 9.63 Å². The van der Waals surface area contributed by atoms with Gasteiger partial charge in [0.25, 0.3) is 0 Å². The van der Waals surface area contributed by atoms with Crippen molar-refractivity contribution in [3.63, 3.8) is 0 Å². The van der Waals surface area contributed by atoms with E-state index >= 15 is 0 Å². The summed E-state index contributed by atoms with van der Waals surface area (Å²) in [4.78, 5) is 57.8. The maximum absolute atomic E-state index is 13.7. The minimum absolute atomic E-state index is 0.00170. The van der Waals surface area contributed by atoms with E-state index in [9.17, 15) is 4.79 Å². The highest BCUT2D eigenvalue weighted by Gasteiger charge is 2.38. The summed E-state index contributed by atoms with van der Waals surface area (Å²) in [5.74, 6) is 3.39. The summed E-state index contributed by atoms with van der Waals surface area (Å²) < 4.78 is 0. The van der Waals surface area contributed by atoms with Crippen molar-refractivity contribution in [3.8, 4) is 0 Å². The lowest BCUT2D eigenvalue weighted by atomic mass is 9.99. The van der Waals surface area contributed by atoms with Gasteiger partial charge in [-0.25, -0.2) is 34.9 Å². The molecule has 0 saturated carbocycles. The van der Waals surface area contributed by atoms with Gasteiger partial charge in [0.2, 0.25) is 0 Å². The SMILES string of the molecule is CCCCCCC(=O)CON1C2=NC(=NC3=NC(=NC4N=C(N=C5N=C1c1cc6ccccc6cc15)c1cc5ccccc5cc14)c1cc4ccccc4cc13)c1cc3ccccc3cc12. The Hall–Kier alpha value is -8.08. The van der Waals surface area contributed by atoms with Crippen molar-refractivity contribution in [2.24, 2.45) is 34.9 Å². The molecule has 0 amide bonds. The van der Waals surface area contributed by atoms with Crippen LogP contribution in [0.4, 0.5) is 0 Å². The molecule has 8 aromatic carbocycles. The summed E-state index contributed by atoms with van der Waals surface area (Å²) in [7, 11) is 0. The van der Waals surface area contributed by atoms with Gasteiger partial charge >= 0.3 is 0 Å². The Morgan fingerprint density at radius 2 is 0.833 bits per heavy atom. The molecule has 13 rings (SSSR count). The summed E-state index contributed by atoms with van der Waals surface area (Å²) >= 11 is 0. The number of hydroxylamine groups is 2. The Morgan fingerprint density at radius 3 is 1.32 bits per heavy atom. The van der Waals surface area contributed by atoms with Crippen molar-refractivity contribution in [1.29, 1.82) is 0 Å². The van der Waals surface area contributed by atoms with Crippen LogP contribution in [0.5, 0.6) is 0 Å². The van der Waals surface area contributed by atoms with Crippen LogP contribution in [-0.2, 0) is 9.63 Å². The van der Waals surface area contributed by atoms with Gasteiger partial charge in [0.05, 0.1) is 0 Å². The number of rotatable bonds is 8. The second-order valence-electron chi connectivity index (χ2n) is 17.4. The highest BCUT2D eigenvalue weighted by molar-refractivity contribution is 6.35. The van der Waals surface area contributed by atoms with Crippen molar-refractivity contribution in [1.82, 2.24) is 5.06 Å². The van der Waals surface area contributed by atoms with E-state index in [0.717, 1.165) is 113 Å². The number of amidine groups is 7. The average molecular weight is 857 g/mol. The third-order valence-corrected chi connectivity index (χ3v) is 13.1. The maximum Gasteiger partial charge on any atom is 0.170 e. The highest BCUT2D eigenvalue weighted by Crippen LogP contribution is 2.39. The largest absolute Gasteiger partial charge is 0.297 e. The molecular formula is C56H40N8O2. The number of hydrogen-bond acceptors (Lipinski definition) is 10. The molecule has 8 bridgehead atoms. The lowest BCUT2D eigenvalue weighted by Crippen LogP contribution is -2.38. The third kappa shape index (κ3) is 6.35. The molecule has 5 aliphatic rings. The van der Waals surface area contributed by atoms with E-state index in [1.54, 1.807) is 5.06 Å². The van der Waals surface area contributed by atoms with E-state index in [1.165, 1.54) is 0 Å². The van der Waals surface area contributed by atoms with Gasteiger partial charge < -0.3 is 0 Å². The molecule has 10 heteroatoms. The molecule has 5 aliphatic heterocycles. The quantitative estimate of drug-likeness (QED) is 0.142. The molecule has 0 saturated heterocycles. The molecule has 316 valence electrons. The number of hydrogen-bond donors (Lipinski definition) is 0. The van der Waals surface area contributed by atoms with E-state index in [1.807, 2.05) is 48.5 Å². The van der Waals surface area contributed by atoms with Crippen LogP contribution in [-0.4, -0.2) is 58.3 Å². The molecule has 0 N–H and O–H groups in total. The van der Waals surface area contributed by atoms with Crippen LogP contribution >= 0.6 is 0 Å². The molecule has 1 atom stereocenters. The van der Waals surface area contributed by atoms with E-state index in [2.05, 4.69) is 104 Å². The molecular weight excluding hydrogens is 817 g/mol. The molecule has 1 unspecified atom stereocenters.